The SMILES string of the molecule is C=C(/C(=N/CC)c1ccccc1N)c1ccc(OC)cc1. The number of methoxy groups -OCH3 is 1. The third kappa shape index (κ3) is 3.31. The van der Waals surface area contributed by atoms with Crippen molar-refractivity contribution < 1.29 is 4.74 Å². The van der Waals surface area contributed by atoms with Gasteiger partial charge in [-0.15, -0.1) is 0 Å². The van der Waals surface area contributed by atoms with Gasteiger partial charge in [-0.05, 0) is 30.7 Å². The van der Waals surface area contributed by atoms with Crippen LogP contribution in [-0.4, -0.2) is 19.4 Å². The predicted molar refractivity (Wildman–Crippen MR) is 90.0 cm³/mol. The van der Waals surface area contributed by atoms with Crippen molar-refractivity contribution in [3.8, 4) is 5.75 Å². The van der Waals surface area contributed by atoms with Crippen LogP contribution < -0.4 is 10.5 Å². The number of para-hydroxylation sites is 1. The molecule has 2 aromatic carbocycles. The van der Waals surface area contributed by atoms with Crippen LogP contribution in [0.1, 0.15) is 18.1 Å². The molecule has 0 radical (unpaired) electrons. The Labute approximate surface area is 125 Å². The van der Waals surface area contributed by atoms with E-state index in [-0.39, 0.29) is 0 Å². The van der Waals surface area contributed by atoms with Crippen molar-refractivity contribution in [3.05, 3.63) is 66.2 Å². The summed E-state index contributed by atoms with van der Waals surface area (Å²) in [5, 5.41) is 0. The summed E-state index contributed by atoms with van der Waals surface area (Å²) in [5.74, 6) is 0.819. The molecule has 0 aliphatic heterocycles. The Balaban J connectivity index is 2.41. The first kappa shape index (κ1) is 14.9. The van der Waals surface area contributed by atoms with Crippen molar-refractivity contribution in [2.45, 2.75) is 6.92 Å². The van der Waals surface area contributed by atoms with Crippen molar-refractivity contribution in [2.24, 2.45) is 4.99 Å². The number of aliphatic imine (C=N–C) groups is 1. The molecule has 2 N–H and O–H groups in total. The molecular weight excluding hydrogens is 260 g/mol. The minimum atomic E-state index is 0.679. The molecule has 0 aliphatic rings. The van der Waals surface area contributed by atoms with Gasteiger partial charge in [-0.25, -0.2) is 0 Å². The Bertz CT molecular complexity index is 657. The summed E-state index contributed by atoms with van der Waals surface area (Å²) in [7, 11) is 1.65. The number of nitrogens with two attached hydrogens (primary N) is 1. The molecule has 0 aromatic heterocycles. The number of benzene rings is 2. The maximum Gasteiger partial charge on any atom is 0.118 e. The van der Waals surface area contributed by atoms with E-state index in [1.54, 1.807) is 7.11 Å². The number of hydrogen-bond acceptors (Lipinski definition) is 3. The maximum atomic E-state index is 6.07. The summed E-state index contributed by atoms with van der Waals surface area (Å²) in [6.07, 6.45) is 0. The summed E-state index contributed by atoms with van der Waals surface area (Å²) in [6, 6.07) is 15.5. The Morgan fingerprint density at radius 2 is 1.81 bits per heavy atom. The smallest absolute Gasteiger partial charge is 0.118 e. The van der Waals surface area contributed by atoms with Gasteiger partial charge in [0.05, 0.1) is 12.8 Å². The number of rotatable bonds is 5. The van der Waals surface area contributed by atoms with Crippen LogP contribution in [0.2, 0.25) is 0 Å². The van der Waals surface area contributed by atoms with Gasteiger partial charge in [-0.2, -0.15) is 0 Å². The van der Waals surface area contributed by atoms with Gasteiger partial charge in [0.15, 0.2) is 0 Å². The first-order chi connectivity index (χ1) is 10.2. The van der Waals surface area contributed by atoms with Crippen molar-refractivity contribution in [3.63, 3.8) is 0 Å². The molecule has 0 bridgehead atoms. The van der Waals surface area contributed by atoms with Crippen molar-refractivity contribution in [1.29, 1.82) is 0 Å². The van der Waals surface area contributed by atoms with Crippen LogP contribution in [0.5, 0.6) is 5.75 Å². The van der Waals surface area contributed by atoms with E-state index in [2.05, 4.69) is 11.6 Å². The third-order valence-electron chi connectivity index (χ3n) is 3.26. The van der Waals surface area contributed by atoms with Crippen LogP contribution in [0.15, 0.2) is 60.1 Å². The van der Waals surface area contributed by atoms with Gasteiger partial charge < -0.3 is 10.5 Å². The highest BCUT2D eigenvalue weighted by Gasteiger charge is 2.12. The minimum Gasteiger partial charge on any atom is -0.497 e. The van der Waals surface area contributed by atoms with Gasteiger partial charge in [0.2, 0.25) is 0 Å². The Morgan fingerprint density at radius 3 is 2.38 bits per heavy atom. The normalized spacial score (nSPS) is 11.2. The van der Waals surface area contributed by atoms with E-state index in [1.165, 1.54) is 0 Å². The average molecular weight is 280 g/mol. The second-order valence-electron chi connectivity index (χ2n) is 4.62. The first-order valence-electron chi connectivity index (χ1n) is 6.90. The molecule has 3 nitrogen and oxygen atoms in total. The Morgan fingerprint density at radius 1 is 1.14 bits per heavy atom. The highest BCUT2D eigenvalue weighted by atomic mass is 16.5. The highest BCUT2D eigenvalue weighted by Crippen LogP contribution is 2.24. The van der Waals surface area contributed by atoms with Gasteiger partial charge >= 0.3 is 0 Å². The summed E-state index contributed by atoms with van der Waals surface area (Å²) < 4.78 is 5.18. The van der Waals surface area contributed by atoms with E-state index in [1.807, 2.05) is 55.5 Å². The van der Waals surface area contributed by atoms with Crippen LogP contribution >= 0.6 is 0 Å². The molecular formula is C18H20N2O. The topological polar surface area (TPSA) is 47.6 Å². The van der Waals surface area contributed by atoms with Crippen LogP contribution in [-0.2, 0) is 0 Å². The number of ether oxygens (including phenoxy) is 1. The zero-order chi connectivity index (χ0) is 15.2. The molecule has 108 valence electrons. The minimum absolute atomic E-state index is 0.679. The van der Waals surface area contributed by atoms with Crippen molar-refractivity contribution in [2.75, 3.05) is 19.4 Å². The zero-order valence-corrected chi connectivity index (χ0v) is 12.5. The second kappa shape index (κ2) is 6.75. The van der Waals surface area contributed by atoms with Crippen molar-refractivity contribution >= 4 is 17.0 Å². The zero-order valence-electron chi connectivity index (χ0n) is 12.5. The number of hydrogen-bond donors (Lipinski definition) is 1. The standard InChI is InChI=1S/C18H20N2O/c1-4-20-18(16-7-5-6-8-17(16)19)13(2)14-9-11-15(21-3)12-10-14/h5-12H,2,4,19H2,1,3H3/b20-18-. The van der Waals surface area contributed by atoms with E-state index in [0.29, 0.717) is 12.2 Å². The molecule has 0 spiro atoms. The lowest BCUT2D eigenvalue weighted by Crippen LogP contribution is -2.07. The fraction of sp³-hybridized carbons (Fsp3) is 0.167. The number of nitrogen functional groups attached to an aromatic ring is 1. The fourth-order valence-electron chi connectivity index (χ4n) is 2.14. The number of allylic oxidation sites excluding steroid dienone is 1. The Kier molecular flexibility index (Phi) is 4.77. The van der Waals surface area contributed by atoms with Gasteiger partial charge in [0, 0.05) is 23.4 Å². The van der Waals surface area contributed by atoms with Crippen LogP contribution in [0.25, 0.3) is 5.57 Å². The van der Waals surface area contributed by atoms with Gasteiger partial charge in [0.1, 0.15) is 5.75 Å². The van der Waals surface area contributed by atoms with Crippen LogP contribution in [0, 0.1) is 0 Å². The van der Waals surface area contributed by atoms with Crippen LogP contribution in [0.4, 0.5) is 5.69 Å². The van der Waals surface area contributed by atoms with E-state index in [4.69, 9.17) is 10.5 Å². The molecule has 0 atom stereocenters. The average Bonchev–Trinajstić information content (AvgIpc) is 2.53. The molecule has 0 unspecified atom stereocenters. The lowest BCUT2D eigenvalue weighted by atomic mass is 9.96. The summed E-state index contributed by atoms with van der Waals surface area (Å²) in [4.78, 5) is 4.58. The van der Waals surface area contributed by atoms with E-state index in [0.717, 1.165) is 28.2 Å². The van der Waals surface area contributed by atoms with Crippen LogP contribution in [0.3, 0.4) is 0 Å². The molecule has 0 fully saturated rings. The molecule has 2 aromatic rings. The predicted octanol–water partition coefficient (Wildman–Crippen LogP) is 3.80. The molecule has 0 aliphatic carbocycles. The summed E-state index contributed by atoms with van der Waals surface area (Å²) >= 11 is 0. The van der Waals surface area contributed by atoms with Crippen molar-refractivity contribution in [1.82, 2.24) is 0 Å². The lowest BCUT2D eigenvalue weighted by molar-refractivity contribution is 0.415. The lowest BCUT2D eigenvalue weighted by Gasteiger charge is -2.13. The molecule has 3 heteroatoms. The molecule has 21 heavy (non-hydrogen) atoms. The van der Waals surface area contributed by atoms with Gasteiger partial charge in [0.25, 0.3) is 0 Å². The quantitative estimate of drug-likeness (QED) is 0.669. The fourth-order valence-corrected chi connectivity index (χ4v) is 2.14. The second-order valence-corrected chi connectivity index (χ2v) is 4.62. The first-order valence-corrected chi connectivity index (χ1v) is 6.90. The summed E-state index contributed by atoms with van der Waals surface area (Å²) in [5.41, 5.74) is 10.4. The van der Waals surface area contributed by atoms with E-state index >= 15 is 0 Å². The number of anilines is 1. The molecule has 0 heterocycles. The van der Waals surface area contributed by atoms with E-state index in [9.17, 15) is 0 Å². The largest absolute Gasteiger partial charge is 0.497 e. The highest BCUT2D eigenvalue weighted by molar-refractivity contribution is 6.32. The van der Waals surface area contributed by atoms with Gasteiger partial charge in [-0.1, -0.05) is 36.9 Å². The van der Waals surface area contributed by atoms with Gasteiger partial charge in [-0.3, -0.25) is 4.99 Å². The number of nitrogens with zero attached hydrogens (tertiary/aromatic N) is 1. The maximum absolute atomic E-state index is 6.07. The molecule has 0 saturated heterocycles. The molecule has 0 amide bonds. The summed E-state index contributed by atoms with van der Waals surface area (Å²) in [6.45, 7) is 6.87. The molecule has 2 rings (SSSR count). The monoisotopic (exact) mass is 280 g/mol. The third-order valence-corrected chi connectivity index (χ3v) is 3.26. The van der Waals surface area contributed by atoms with E-state index < -0.39 is 0 Å². The Hall–Kier alpha value is -2.55. The molecule has 0 saturated carbocycles.